The molecule has 0 saturated heterocycles. The highest BCUT2D eigenvalue weighted by Gasteiger charge is 2.15. The van der Waals surface area contributed by atoms with Crippen LogP contribution in [0.5, 0.6) is 11.5 Å². The van der Waals surface area contributed by atoms with Gasteiger partial charge in [-0.05, 0) is 42.3 Å². The molecule has 0 fully saturated rings. The summed E-state index contributed by atoms with van der Waals surface area (Å²) in [5.41, 5.74) is 8.65. The van der Waals surface area contributed by atoms with Gasteiger partial charge >= 0.3 is 0 Å². The molecule has 3 N–H and O–H groups in total. The van der Waals surface area contributed by atoms with Crippen LogP contribution in [0.3, 0.4) is 0 Å². The van der Waals surface area contributed by atoms with Gasteiger partial charge in [-0.3, -0.25) is 4.79 Å². The van der Waals surface area contributed by atoms with Crippen molar-refractivity contribution in [2.24, 2.45) is 5.73 Å². The molecule has 0 atom stereocenters. The lowest BCUT2D eigenvalue weighted by Crippen LogP contribution is -2.18. The summed E-state index contributed by atoms with van der Waals surface area (Å²) in [6, 6.07) is 11.5. The Morgan fingerprint density at radius 3 is 2.86 bits per heavy atom. The van der Waals surface area contributed by atoms with Gasteiger partial charge in [0.2, 0.25) is 5.91 Å². The third-order valence-electron chi connectivity index (χ3n) is 3.45. The summed E-state index contributed by atoms with van der Waals surface area (Å²) in [4.78, 5) is 11.4. The van der Waals surface area contributed by atoms with E-state index in [4.69, 9.17) is 10.5 Å². The van der Waals surface area contributed by atoms with Crippen LogP contribution in [0.2, 0.25) is 0 Å². The highest BCUT2D eigenvalue weighted by atomic mass is 79.9. The zero-order chi connectivity index (χ0) is 14.8. The average Bonchev–Trinajstić information content (AvgIpc) is 2.48. The van der Waals surface area contributed by atoms with Gasteiger partial charge in [0.1, 0.15) is 11.5 Å². The number of nitrogens with two attached hydrogens (primary N) is 1. The van der Waals surface area contributed by atoms with Crippen molar-refractivity contribution in [3.8, 4) is 11.5 Å². The highest BCUT2D eigenvalue weighted by Crippen LogP contribution is 2.32. The van der Waals surface area contributed by atoms with Gasteiger partial charge in [-0.1, -0.05) is 22.0 Å². The average molecular weight is 347 g/mol. The van der Waals surface area contributed by atoms with E-state index in [9.17, 15) is 4.79 Å². The molecule has 3 rings (SSSR count). The largest absolute Gasteiger partial charge is 0.457 e. The van der Waals surface area contributed by atoms with Crippen LogP contribution < -0.4 is 15.8 Å². The molecule has 4 nitrogen and oxygen atoms in total. The lowest BCUT2D eigenvalue weighted by molar-refractivity contribution is -0.116. The maximum Gasteiger partial charge on any atom is 0.224 e. The van der Waals surface area contributed by atoms with Gasteiger partial charge in [0.05, 0.1) is 0 Å². The van der Waals surface area contributed by atoms with Gasteiger partial charge in [-0.2, -0.15) is 0 Å². The molecule has 0 radical (unpaired) electrons. The second-order valence-electron chi connectivity index (χ2n) is 4.93. The van der Waals surface area contributed by atoms with Crippen LogP contribution >= 0.6 is 15.9 Å². The Bertz CT molecular complexity index is 701. The predicted octanol–water partition coefficient (Wildman–Crippen LogP) is 3.58. The van der Waals surface area contributed by atoms with E-state index in [1.54, 1.807) is 0 Å². The molecule has 1 heterocycles. The summed E-state index contributed by atoms with van der Waals surface area (Å²) >= 11 is 3.44. The Kier molecular flexibility index (Phi) is 3.94. The van der Waals surface area contributed by atoms with Crippen LogP contribution in [0.1, 0.15) is 17.5 Å². The van der Waals surface area contributed by atoms with E-state index in [1.807, 2.05) is 36.4 Å². The first-order chi connectivity index (χ1) is 10.2. The molecule has 0 saturated carbocycles. The molecule has 0 aromatic heterocycles. The Morgan fingerprint density at radius 1 is 1.19 bits per heavy atom. The third-order valence-corrected chi connectivity index (χ3v) is 3.94. The van der Waals surface area contributed by atoms with Crippen molar-refractivity contribution in [3.63, 3.8) is 0 Å². The van der Waals surface area contributed by atoms with E-state index in [2.05, 4.69) is 21.2 Å². The van der Waals surface area contributed by atoms with E-state index < -0.39 is 0 Å². The zero-order valence-corrected chi connectivity index (χ0v) is 12.9. The van der Waals surface area contributed by atoms with Crippen LogP contribution in [0.25, 0.3) is 0 Å². The number of halogens is 1. The van der Waals surface area contributed by atoms with Crippen molar-refractivity contribution in [3.05, 3.63) is 52.0 Å². The molecule has 0 aliphatic carbocycles. The van der Waals surface area contributed by atoms with Crippen molar-refractivity contribution in [1.82, 2.24) is 0 Å². The summed E-state index contributed by atoms with van der Waals surface area (Å²) in [5.74, 6) is 1.55. The summed E-state index contributed by atoms with van der Waals surface area (Å²) in [7, 11) is 0. The van der Waals surface area contributed by atoms with Crippen molar-refractivity contribution in [2.75, 3.05) is 5.32 Å². The molecular formula is C16H15BrN2O2. The maximum absolute atomic E-state index is 11.4. The number of hydrogen-bond donors (Lipinski definition) is 2. The molecule has 2 aromatic carbocycles. The summed E-state index contributed by atoms with van der Waals surface area (Å²) in [5, 5.41) is 2.86. The Hall–Kier alpha value is -1.85. The molecular weight excluding hydrogens is 332 g/mol. The maximum atomic E-state index is 11.4. The molecule has 0 bridgehead atoms. The minimum Gasteiger partial charge on any atom is -0.457 e. The van der Waals surface area contributed by atoms with Crippen LogP contribution in [-0.2, 0) is 17.8 Å². The minimum atomic E-state index is 0.0635. The number of carbonyl (C=O) groups excluding carboxylic acids is 1. The molecule has 5 heteroatoms. The van der Waals surface area contributed by atoms with Crippen LogP contribution in [-0.4, -0.2) is 5.91 Å². The van der Waals surface area contributed by atoms with Gasteiger partial charge < -0.3 is 15.8 Å². The lowest BCUT2D eigenvalue weighted by Gasteiger charge is -2.18. The fourth-order valence-corrected chi connectivity index (χ4v) is 2.68. The Labute approximate surface area is 131 Å². The van der Waals surface area contributed by atoms with E-state index in [1.165, 1.54) is 0 Å². The van der Waals surface area contributed by atoms with E-state index in [-0.39, 0.29) is 5.91 Å². The number of nitrogens with one attached hydrogen (secondary N) is 1. The number of amides is 1. The van der Waals surface area contributed by atoms with Crippen molar-refractivity contribution in [2.45, 2.75) is 19.4 Å². The quantitative estimate of drug-likeness (QED) is 0.892. The second kappa shape index (κ2) is 5.87. The van der Waals surface area contributed by atoms with Gasteiger partial charge in [-0.25, -0.2) is 0 Å². The summed E-state index contributed by atoms with van der Waals surface area (Å²) in [6.45, 7) is 0.420. The number of hydrogen-bond acceptors (Lipinski definition) is 3. The summed E-state index contributed by atoms with van der Waals surface area (Å²) in [6.07, 6.45) is 1.25. The minimum absolute atomic E-state index is 0.0635. The van der Waals surface area contributed by atoms with Gasteiger partial charge in [-0.15, -0.1) is 0 Å². The number of anilines is 1. The Balaban J connectivity index is 1.89. The first-order valence-electron chi connectivity index (χ1n) is 6.75. The Morgan fingerprint density at radius 2 is 2.05 bits per heavy atom. The molecule has 1 aliphatic heterocycles. The number of carbonyl (C=O) groups is 1. The number of benzene rings is 2. The lowest BCUT2D eigenvalue weighted by atomic mass is 10.0. The monoisotopic (exact) mass is 346 g/mol. The number of ether oxygens (including phenoxy) is 1. The molecule has 108 valence electrons. The third kappa shape index (κ3) is 3.09. The van der Waals surface area contributed by atoms with E-state index in [0.29, 0.717) is 13.0 Å². The van der Waals surface area contributed by atoms with Crippen molar-refractivity contribution >= 4 is 27.5 Å². The number of rotatable bonds is 3. The van der Waals surface area contributed by atoms with Crippen LogP contribution in [0.4, 0.5) is 5.69 Å². The van der Waals surface area contributed by atoms with Gasteiger partial charge in [0, 0.05) is 28.7 Å². The van der Waals surface area contributed by atoms with Crippen molar-refractivity contribution < 1.29 is 9.53 Å². The number of aryl methyl sites for hydroxylation is 1. The molecule has 0 spiro atoms. The molecule has 1 aliphatic rings. The summed E-state index contributed by atoms with van der Waals surface area (Å²) < 4.78 is 6.90. The standard InChI is InChI=1S/C16H15BrN2O2/c17-12-3-1-11(9-18)15(8-12)21-13-4-5-14-10(7-13)2-6-16(20)19-14/h1,3-5,7-8H,2,6,9,18H2,(H,19,20). The molecule has 0 unspecified atom stereocenters. The topological polar surface area (TPSA) is 64.3 Å². The fourth-order valence-electron chi connectivity index (χ4n) is 2.34. The highest BCUT2D eigenvalue weighted by molar-refractivity contribution is 9.10. The number of fused-ring (bicyclic) bond motifs is 1. The molecule has 1 amide bonds. The first-order valence-corrected chi connectivity index (χ1v) is 7.54. The van der Waals surface area contributed by atoms with Crippen molar-refractivity contribution in [1.29, 1.82) is 0 Å². The van der Waals surface area contributed by atoms with E-state index >= 15 is 0 Å². The SMILES string of the molecule is NCc1ccc(Br)cc1Oc1ccc2c(c1)CCC(=O)N2. The fraction of sp³-hybridized carbons (Fsp3) is 0.188. The van der Waals surface area contributed by atoms with Gasteiger partial charge in [0.25, 0.3) is 0 Å². The van der Waals surface area contributed by atoms with Crippen LogP contribution in [0.15, 0.2) is 40.9 Å². The smallest absolute Gasteiger partial charge is 0.224 e. The first kappa shape index (κ1) is 14.1. The second-order valence-corrected chi connectivity index (χ2v) is 5.84. The van der Waals surface area contributed by atoms with E-state index in [0.717, 1.165) is 39.2 Å². The van der Waals surface area contributed by atoms with Crippen LogP contribution in [0, 0.1) is 0 Å². The predicted molar refractivity (Wildman–Crippen MR) is 85.5 cm³/mol. The molecule has 2 aromatic rings. The zero-order valence-electron chi connectivity index (χ0n) is 11.4. The normalized spacial score (nSPS) is 13.5. The molecule has 21 heavy (non-hydrogen) atoms. The van der Waals surface area contributed by atoms with Gasteiger partial charge in [0.15, 0.2) is 0 Å².